The fraction of sp³-hybridized carbons (Fsp3) is 0.576. The number of amides is 2. The standard InChI is InChI=1S/C33H43F2N3O7/c1-8-43-29(40)24-18-37(20-12-13-20)27-22(26(35)25(34)15-23(27)28(24)39)11-9-10-21-14-19(16-36-30(41)44-32(2,3)4)17-38(21)31(42)45-33(5,6)7/h9,11,15,18-21H,8,10,12-14,16-17H2,1-7H3,(H,36,41)/t19-,21?/m0/s1. The van der Waals surface area contributed by atoms with E-state index in [1.807, 2.05) is 0 Å². The highest BCUT2D eigenvalue weighted by Crippen LogP contribution is 2.39. The van der Waals surface area contributed by atoms with Crippen molar-refractivity contribution in [3.8, 4) is 0 Å². The van der Waals surface area contributed by atoms with E-state index in [0.29, 0.717) is 13.0 Å². The van der Waals surface area contributed by atoms with Gasteiger partial charge in [-0.25, -0.2) is 23.2 Å². The molecule has 45 heavy (non-hydrogen) atoms. The van der Waals surface area contributed by atoms with Gasteiger partial charge in [-0.05, 0) is 86.1 Å². The van der Waals surface area contributed by atoms with Crippen molar-refractivity contribution in [2.24, 2.45) is 5.92 Å². The molecule has 10 nitrogen and oxygen atoms in total. The molecule has 0 radical (unpaired) electrons. The molecule has 1 aromatic heterocycles. The normalized spacial score (nSPS) is 18.8. The van der Waals surface area contributed by atoms with Gasteiger partial charge in [0.2, 0.25) is 5.43 Å². The third-order valence-corrected chi connectivity index (χ3v) is 7.43. The van der Waals surface area contributed by atoms with Crippen LogP contribution < -0.4 is 10.7 Å². The maximum atomic E-state index is 15.4. The highest BCUT2D eigenvalue weighted by Gasteiger charge is 2.37. The molecule has 4 rings (SSSR count). The maximum absolute atomic E-state index is 15.4. The molecule has 1 aliphatic carbocycles. The van der Waals surface area contributed by atoms with Crippen LogP contribution in [0.5, 0.6) is 0 Å². The number of benzene rings is 1. The van der Waals surface area contributed by atoms with E-state index in [-0.39, 0.29) is 59.6 Å². The molecular weight excluding hydrogens is 588 g/mol. The number of halogens is 2. The molecule has 1 unspecified atom stereocenters. The Hall–Kier alpha value is -3.96. The van der Waals surface area contributed by atoms with Gasteiger partial charge in [-0.1, -0.05) is 12.2 Å². The minimum absolute atomic E-state index is 0.0604. The molecule has 0 bridgehead atoms. The number of pyridine rings is 1. The Bertz CT molecular complexity index is 1550. The Morgan fingerprint density at radius 2 is 1.73 bits per heavy atom. The first-order valence-corrected chi connectivity index (χ1v) is 15.4. The molecule has 1 aromatic carbocycles. The van der Waals surface area contributed by atoms with Crippen molar-refractivity contribution in [3.63, 3.8) is 0 Å². The number of esters is 1. The Labute approximate surface area is 261 Å². The summed E-state index contributed by atoms with van der Waals surface area (Å²) in [6.45, 7) is 12.9. The van der Waals surface area contributed by atoms with Gasteiger partial charge in [0.1, 0.15) is 16.8 Å². The van der Waals surface area contributed by atoms with Gasteiger partial charge in [0.25, 0.3) is 0 Å². The summed E-state index contributed by atoms with van der Waals surface area (Å²) in [5.74, 6) is -3.25. The van der Waals surface area contributed by atoms with Gasteiger partial charge >= 0.3 is 18.2 Å². The van der Waals surface area contributed by atoms with Crippen LogP contribution in [0, 0.1) is 17.6 Å². The number of nitrogens with zero attached hydrogens (tertiary/aromatic N) is 2. The Balaban J connectivity index is 1.63. The molecule has 1 saturated carbocycles. The molecule has 2 atom stereocenters. The molecule has 2 fully saturated rings. The summed E-state index contributed by atoms with van der Waals surface area (Å²) < 4.78 is 47.9. The quantitative estimate of drug-likeness (QED) is 0.267. The lowest BCUT2D eigenvalue weighted by Crippen LogP contribution is -2.40. The summed E-state index contributed by atoms with van der Waals surface area (Å²) in [5.41, 5.74) is -2.28. The number of nitrogens with one attached hydrogen (secondary N) is 1. The smallest absolute Gasteiger partial charge is 0.410 e. The summed E-state index contributed by atoms with van der Waals surface area (Å²) in [4.78, 5) is 52.7. The van der Waals surface area contributed by atoms with Gasteiger partial charge in [-0.2, -0.15) is 0 Å². The first-order valence-electron chi connectivity index (χ1n) is 15.4. The molecule has 1 aliphatic heterocycles. The number of fused-ring (bicyclic) bond motifs is 1. The maximum Gasteiger partial charge on any atom is 0.410 e. The Kier molecular flexibility index (Phi) is 9.94. The molecule has 2 aromatic rings. The van der Waals surface area contributed by atoms with Gasteiger partial charge in [-0.3, -0.25) is 4.79 Å². The number of ether oxygens (including phenoxy) is 3. The van der Waals surface area contributed by atoms with Crippen LogP contribution in [0.25, 0.3) is 17.0 Å². The van der Waals surface area contributed by atoms with E-state index in [9.17, 15) is 23.6 Å². The van der Waals surface area contributed by atoms with E-state index in [4.69, 9.17) is 14.2 Å². The van der Waals surface area contributed by atoms with Crippen molar-refractivity contribution in [1.82, 2.24) is 14.8 Å². The summed E-state index contributed by atoms with van der Waals surface area (Å²) in [5, 5.41) is 2.64. The highest BCUT2D eigenvalue weighted by molar-refractivity contribution is 5.96. The topological polar surface area (TPSA) is 116 Å². The molecule has 2 amide bonds. The van der Waals surface area contributed by atoms with E-state index >= 15 is 4.39 Å². The van der Waals surface area contributed by atoms with Gasteiger partial charge < -0.3 is 29.0 Å². The van der Waals surface area contributed by atoms with E-state index < -0.39 is 46.4 Å². The van der Waals surface area contributed by atoms with Crippen LogP contribution in [-0.4, -0.2) is 64.6 Å². The van der Waals surface area contributed by atoms with Crippen LogP contribution in [0.4, 0.5) is 18.4 Å². The van der Waals surface area contributed by atoms with Crippen molar-refractivity contribution in [3.05, 3.63) is 51.3 Å². The third-order valence-electron chi connectivity index (χ3n) is 7.43. The van der Waals surface area contributed by atoms with Crippen LogP contribution in [-0.2, 0) is 14.2 Å². The second-order valence-corrected chi connectivity index (χ2v) is 13.6. The second-order valence-electron chi connectivity index (χ2n) is 13.6. The lowest BCUT2D eigenvalue weighted by atomic mass is 10.0. The summed E-state index contributed by atoms with van der Waals surface area (Å²) in [6, 6.07) is 0.398. The van der Waals surface area contributed by atoms with Crippen LogP contribution in [0.15, 0.2) is 23.1 Å². The van der Waals surface area contributed by atoms with Gasteiger partial charge in [-0.15, -0.1) is 0 Å². The zero-order valence-corrected chi connectivity index (χ0v) is 27.0. The number of carbonyl (C=O) groups excluding carboxylic acids is 3. The third kappa shape index (κ3) is 8.40. The van der Waals surface area contributed by atoms with Crippen LogP contribution >= 0.6 is 0 Å². The van der Waals surface area contributed by atoms with Crippen molar-refractivity contribution < 1.29 is 37.4 Å². The van der Waals surface area contributed by atoms with E-state index in [1.54, 1.807) is 64.0 Å². The van der Waals surface area contributed by atoms with Crippen molar-refractivity contribution in [1.29, 1.82) is 0 Å². The first kappa shape index (κ1) is 33.9. The number of hydrogen-bond acceptors (Lipinski definition) is 7. The molecule has 2 heterocycles. The minimum atomic E-state index is -1.22. The molecule has 1 N–H and O–H groups in total. The lowest BCUT2D eigenvalue weighted by Gasteiger charge is -2.28. The van der Waals surface area contributed by atoms with E-state index in [1.165, 1.54) is 12.3 Å². The second kappa shape index (κ2) is 13.2. The van der Waals surface area contributed by atoms with Crippen LogP contribution in [0.2, 0.25) is 0 Å². The fourth-order valence-corrected chi connectivity index (χ4v) is 5.46. The molecule has 1 saturated heterocycles. The zero-order valence-electron chi connectivity index (χ0n) is 27.0. The number of carbonyl (C=O) groups is 3. The predicted molar refractivity (Wildman–Crippen MR) is 165 cm³/mol. The average molecular weight is 632 g/mol. The van der Waals surface area contributed by atoms with Crippen molar-refractivity contribution >= 4 is 35.1 Å². The summed E-state index contributed by atoms with van der Waals surface area (Å²) in [6.07, 6.45) is 5.66. The highest BCUT2D eigenvalue weighted by atomic mass is 19.2. The van der Waals surface area contributed by atoms with Gasteiger partial charge in [0, 0.05) is 36.9 Å². The number of rotatable bonds is 8. The zero-order chi connectivity index (χ0) is 33.3. The number of likely N-dealkylation sites (tertiary alicyclic amines) is 1. The average Bonchev–Trinajstić information content (AvgIpc) is 3.68. The Morgan fingerprint density at radius 1 is 1.07 bits per heavy atom. The molecule has 2 aliphatic rings. The number of alkyl carbamates (subject to hydrolysis) is 1. The Morgan fingerprint density at radius 3 is 2.33 bits per heavy atom. The predicted octanol–water partition coefficient (Wildman–Crippen LogP) is 6.34. The van der Waals surface area contributed by atoms with Crippen molar-refractivity contribution in [2.45, 2.75) is 97.4 Å². The first-order chi connectivity index (χ1) is 21.0. The van der Waals surface area contributed by atoms with E-state index in [0.717, 1.165) is 18.9 Å². The van der Waals surface area contributed by atoms with Gasteiger partial charge in [0.15, 0.2) is 11.6 Å². The van der Waals surface area contributed by atoms with Gasteiger partial charge in [0.05, 0.1) is 17.5 Å². The molecule has 0 spiro atoms. The molecule has 12 heteroatoms. The molecular formula is C33H43F2N3O7. The van der Waals surface area contributed by atoms with E-state index in [2.05, 4.69) is 5.32 Å². The monoisotopic (exact) mass is 631 g/mol. The number of hydrogen-bond donors (Lipinski definition) is 1. The lowest BCUT2D eigenvalue weighted by molar-refractivity contribution is 0.0223. The fourth-order valence-electron chi connectivity index (χ4n) is 5.46. The minimum Gasteiger partial charge on any atom is -0.462 e. The van der Waals surface area contributed by atoms with Crippen LogP contribution in [0.3, 0.4) is 0 Å². The molecule has 246 valence electrons. The number of aromatic nitrogens is 1. The van der Waals surface area contributed by atoms with Crippen LogP contribution in [0.1, 0.15) is 96.1 Å². The van der Waals surface area contributed by atoms with Crippen molar-refractivity contribution in [2.75, 3.05) is 19.7 Å². The largest absolute Gasteiger partial charge is 0.462 e. The summed E-state index contributed by atoms with van der Waals surface area (Å²) in [7, 11) is 0. The SMILES string of the molecule is CCOC(=O)c1cn(C2CC2)c2c(C=CCC3C[C@@H](CNC(=O)OC(C)(C)C)CN3C(=O)OC(C)(C)C)c(F)c(F)cc2c1=O. The summed E-state index contributed by atoms with van der Waals surface area (Å²) >= 11 is 0.